The lowest BCUT2D eigenvalue weighted by Crippen LogP contribution is -2.16. The molecule has 25 heavy (non-hydrogen) atoms. The van der Waals surface area contributed by atoms with E-state index in [1.54, 1.807) is 0 Å². The zero-order valence-corrected chi connectivity index (χ0v) is 15.7. The number of hydrogen-bond acceptors (Lipinski definition) is 2. The van der Waals surface area contributed by atoms with Crippen LogP contribution in [0.15, 0.2) is 41.4 Å². The van der Waals surface area contributed by atoms with Crippen LogP contribution in [0.1, 0.15) is 41.3 Å². The third-order valence-corrected chi connectivity index (χ3v) is 6.03. The number of thiazole rings is 1. The molecule has 0 saturated carbocycles. The Bertz CT molecular complexity index is 1030. The van der Waals surface area contributed by atoms with Crippen LogP contribution in [0.25, 0.3) is 10.2 Å². The lowest BCUT2D eigenvalue weighted by Gasteiger charge is -2.15. The Morgan fingerprint density at radius 2 is 1.96 bits per heavy atom. The van der Waals surface area contributed by atoms with E-state index >= 15 is 0 Å². The average Bonchev–Trinajstić information content (AvgIpc) is 2.97. The third kappa shape index (κ3) is 3.16. The standard InChI is InChI=1S/C20H19ClN2OS/c1-2-23-17-10-9-16(21)12-18(17)25-20(23)22-19(24)15-8-7-13-5-3-4-6-14(13)11-15/h7-12H,2-6H2,1H3. The molecule has 1 aromatic heterocycles. The number of nitrogens with zero attached hydrogens (tertiary/aromatic N) is 2. The van der Waals surface area contributed by atoms with Crippen LogP contribution in [-0.4, -0.2) is 10.5 Å². The van der Waals surface area contributed by atoms with Gasteiger partial charge in [-0.2, -0.15) is 4.99 Å². The minimum absolute atomic E-state index is 0.173. The Hall–Kier alpha value is -1.91. The summed E-state index contributed by atoms with van der Waals surface area (Å²) >= 11 is 7.60. The van der Waals surface area contributed by atoms with Crippen molar-refractivity contribution in [2.75, 3.05) is 0 Å². The second-order valence-electron chi connectivity index (χ2n) is 6.35. The number of benzene rings is 2. The van der Waals surface area contributed by atoms with Crippen LogP contribution >= 0.6 is 22.9 Å². The number of rotatable bonds is 2. The summed E-state index contributed by atoms with van der Waals surface area (Å²) < 4.78 is 3.11. The number of aryl methyl sites for hydroxylation is 3. The molecule has 0 N–H and O–H groups in total. The van der Waals surface area contributed by atoms with E-state index in [4.69, 9.17) is 11.6 Å². The molecule has 1 aliphatic carbocycles. The van der Waals surface area contributed by atoms with Crippen LogP contribution in [0.5, 0.6) is 0 Å². The molecule has 0 unspecified atom stereocenters. The summed E-state index contributed by atoms with van der Waals surface area (Å²) in [7, 11) is 0. The van der Waals surface area contributed by atoms with Gasteiger partial charge in [-0.1, -0.05) is 29.0 Å². The van der Waals surface area contributed by atoms with Gasteiger partial charge in [0.1, 0.15) is 0 Å². The number of amides is 1. The Morgan fingerprint density at radius 3 is 2.76 bits per heavy atom. The number of fused-ring (bicyclic) bond motifs is 2. The van der Waals surface area contributed by atoms with Crippen LogP contribution < -0.4 is 4.80 Å². The Balaban J connectivity index is 1.77. The average molecular weight is 371 g/mol. The van der Waals surface area contributed by atoms with E-state index in [1.165, 1.54) is 35.3 Å². The Labute approximate surface area is 155 Å². The number of aromatic nitrogens is 1. The summed E-state index contributed by atoms with van der Waals surface area (Å²) in [5.74, 6) is -0.173. The van der Waals surface area contributed by atoms with Crippen LogP contribution in [0.4, 0.5) is 0 Å². The lowest BCUT2D eigenvalue weighted by molar-refractivity contribution is 0.0997. The van der Waals surface area contributed by atoms with Crippen molar-refractivity contribution in [1.82, 2.24) is 4.57 Å². The number of carbonyl (C=O) groups excluding carboxylic acids is 1. The monoisotopic (exact) mass is 370 g/mol. The van der Waals surface area contributed by atoms with E-state index in [9.17, 15) is 4.79 Å². The molecule has 3 aromatic rings. The maximum absolute atomic E-state index is 12.7. The first kappa shape index (κ1) is 16.6. The SMILES string of the molecule is CCn1c(=NC(=O)c2ccc3c(c2)CCCC3)sc2cc(Cl)ccc21. The maximum Gasteiger partial charge on any atom is 0.279 e. The van der Waals surface area contributed by atoms with Crippen molar-refractivity contribution < 1.29 is 4.79 Å². The summed E-state index contributed by atoms with van der Waals surface area (Å²) in [6.45, 7) is 2.82. The summed E-state index contributed by atoms with van der Waals surface area (Å²) in [5.41, 5.74) is 4.43. The summed E-state index contributed by atoms with van der Waals surface area (Å²) in [5, 5.41) is 0.699. The molecule has 1 aliphatic rings. The van der Waals surface area contributed by atoms with Crippen molar-refractivity contribution in [2.45, 2.75) is 39.2 Å². The van der Waals surface area contributed by atoms with E-state index < -0.39 is 0 Å². The van der Waals surface area contributed by atoms with Crippen LogP contribution in [0, 0.1) is 0 Å². The second-order valence-corrected chi connectivity index (χ2v) is 7.79. The van der Waals surface area contributed by atoms with Crippen molar-refractivity contribution in [3.8, 4) is 0 Å². The van der Waals surface area contributed by atoms with Gasteiger partial charge in [-0.15, -0.1) is 0 Å². The zero-order chi connectivity index (χ0) is 17.4. The largest absolute Gasteiger partial charge is 0.317 e. The van der Waals surface area contributed by atoms with E-state index in [0.29, 0.717) is 10.6 Å². The van der Waals surface area contributed by atoms with Crippen LogP contribution in [0.2, 0.25) is 5.02 Å². The minimum atomic E-state index is -0.173. The van der Waals surface area contributed by atoms with Gasteiger partial charge in [0.25, 0.3) is 5.91 Å². The molecule has 0 spiro atoms. The van der Waals surface area contributed by atoms with Gasteiger partial charge in [0.2, 0.25) is 0 Å². The molecule has 128 valence electrons. The summed E-state index contributed by atoms with van der Waals surface area (Å²) in [6.07, 6.45) is 4.63. The van der Waals surface area contributed by atoms with Gasteiger partial charge in [-0.3, -0.25) is 4.79 Å². The van der Waals surface area contributed by atoms with E-state index in [0.717, 1.165) is 34.4 Å². The van der Waals surface area contributed by atoms with Crippen molar-refractivity contribution >= 4 is 39.1 Å². The lowest BCUT2D eigenvalue weighted by atomic mass is 9.90. The molecule has 0 fully saturated rings. The highest BCUT2D eigenvalue weighted by molar-refractivity contribution is 7.16. The highest BCUT2D eigenvalue weighted by Crippen LogP contribution is 2.23. The van der Waals surface area contributed by atoms with Crippen LogP contribution in [-0.2, 0) is 19.4 Å². The van der Waals surface area contributed by atoms with Crippen molar-refractivity contribution in [2.24, 2.45) is 4.99 Å². The van der Waals surface area contributed by atoms with Crippen LogP contribution in [0.3, 0.4) is 0 Å². The van der Waals surface area contributed by atoms with Gasteiger partial charge in [0, 0.05) is 17.1 Å². The summed E-state index contributed by atoms with van der Waals surface area (Å²) in [4.78, 5) is 17.9. The quantitative estimate of drug-likeness (QED) is 0.625. The third-order valence-electron chi connectivity index (χ3n) is 4.75. The molecule has 0 aliphatic heterocycles. The fourth-order valence-corrected chi connectivity index (χ4v) is 4.82. The molecular weight excluding hydrogens is 352 g/mol. The molecule has 2 aromatic carbocycles. The molecule has 5 heteroatoms. The van der Waals surface area contributed by atoms with E-state index in [2.05, 4.69) is 22.5 Å². The topological polar surface area (TPSA) is 34.4 Å². The Kier molecular flexibility index (Phi) is 4.48. The Morgan fingerprint density at radius 1 is 1.16 bits per heavy atom. The van der Waals surface area contributed by atoms with E-state index in [1.807, 2.05) is 30.3 Å². The van der Waals surface area contributed by atoms with Gasteiger partial charge in [0.05, 0.1) is 10.2 Å². The molecule has 0 atom stereocenters. The first-order chi connectivity index (χ1) is 12.2. The normalized spacial score (nSPS) is 14.7. The number of carbonyl (C=O) groups is 1. The fraction of sp³-hybridized carbons (Fsp3) is 0.300. The van der Waals surface area contributed by atoms with Gasteiger partial charge in [-0.05, 0) is 74.1 Å². The van der Waals surface area contributed by atoms with Crippen molar-refractivity contribution in [1.29, 1.82) is 0 Å². The molecule has 1 amide bonds. The van der Waals surface area contributed by atoms with Gasteiger partial charge in [0.15, 0.2) is 4.80 Å². The summed E-state index contributed by atoms with van der Waals surface area (Å²) in [6, 6.07) is 11.8. The second kappa shape index (κ2) is 6.77. The highest BCUT2D eigenvalue weighted by Gasteiger charge is 2.13. The minimum Gasteiger partial charge on any atom is -0.317 e. The smallest absolute Gasteiger partial charge is 0.279 e. The predicted molar refractivity (Wildman–Crippen MR) is 103 cm³/mol. The molecule has 1 heterocycles. The molecule has 3 nitrogen and oxygen atoms in total. The van der Waals surface area contributed by atoms with Crippen molar-refractivity contribution in [3.63, 3.8) is 0 Å². The zero-order valence-electron chi connectivity index (χ0n) is 14.1. The fourth-order valence-electron chi connectivity index (χ4n) is 3.46. The first-order valence-electron chi connectivity index (χ1n) is 8.65. The van der Waals surface area contributed by atoms with Gasteiger partial charge < -0.3 is 4.57 Å². The molecule has 4 rings (SSSR count). The first-order valence-corrected chi connectivity index (χ1v) is 9.85. The van der Waals surface area contributed by atoms with Gasteiger partial charge >= 0.3 is 0 Å². The number of hydrogen-bond donors (Lipinski definition) is 0. The molecule has 0 radical (unpaired) electrons. The predicted octanol–water partition coefficient (Wildman–Crippen LogP) is 5.00. The van der Waals surface area contributed by atoms with Gasteiger partial charge in [-0.25, -0.2) is 0 Å². The van der Waals surface area contributed by atoms with Crippen molar-refractivity contribution in [3.05, 3.63) is 62.9 Å². The molecule has 0 bridgehead atoms. The molecule has 0 saturated heterocycles. The molecular formula is C20H19ClN2OS. The number of halogens is 1. The highest BCUT2D eigenvalue weighted by atomic mass is 35.5. The van der Waals surface area contributed by atoms with E-state index in [-0.39, 0.29) is 5.91 Å². The maximum atomic E-state index is 12.7.